The lowest BCUT2D eigenvalue weighted by Crippen LogP contribution is -2.07. The average Bonchev–Trinajstić information content (AvgIpc) is 2.81. The van der Waals surface area contributed by atoms with Crippen LogP contribution in [0.3, 0.4) is 0 Å². The molecule has 0 saturated heterocycles. The first kappa shape index (κ1) is 12.2. The molecule has 2 aromatic rings. The summed E-state index contributed by atoms with van der Waals surface area (Å²) in [6.45, 7) is 0. The summed E-state index contributed by atoms with van der Waals surface area (Å²) in [5.74, 6) is -1.45. The Morgan fingerprint density at radius 3 is 2.44 bits per heavy atom. The minimum absolute atomic E-state index is 0.0114. The smallest absolute Gasteiger partial charge is 0.335 e. The van der Waals surface area contributed by atoms with E-state index in [2.05, 4.69) is 14.7 Å². The highest BCUT2D eigenvalue weighted by Crippen LogP contribution is 2.15. The van der Waals surface area contributed by atoms with Gasteiger partial charge in [-0.05, 0) is 24.3 Å². The number of benzene rings is 1. The van der Waals surface area contributed by atoms with E-state index in [0.717, 1.165) is 6.39 Å². The SMILES string of the molecule is O=C(O)c1ccc(S(=O)(=O)Cc2ncon2)cc1. The Balaban J connectivity index is 2.27. The van der Waals surface area contributed by atoms with Crippen molar-refractivity contribution in [2.24, 2.45) is 0 Å². The molecule has 2 rings (SSSR count). The zero-order valence-corrected chi connectivity index (χ0v) is 9.79. The molecule has 0 atom stereocenters. The zero-order chi connectivity index (χ0) is 13.2. The minimum Gasteiger partial charge on any atom is -0.478 e. The van der Waals surface area contributed by atoms with Gasteiger partial charge in [-0.15, -0.1) is 0 Å². The Hall–Kier alpha value is -2.22. The van der Waals surface area contributed by atoms with Crippen molar-refractivity contribution < 1.29 is 22.8 Å². The van der Waals surface area contributed by atoms with Gasteiger partial charge in [0.25, 0.3) is 0 Å². The van der Waals surface area contributed by atoms with Crippen molar-refractivity contribution in [2.45, 2.75) is 10.6 Å². The Morgan fingerprint density at radius 1 is 1.28 bits per heavy atom. The van der Waals surface area contributed by atoms with Gasteiger partial charge in [-0.2, -0.15) is 4.98 Å². The van der Waals surface area contributed by atoms with E-state index in [0.29, 0.717) is 0 Å². The summed E-state index contributed by atoms with van der Waals surface area (Å²) < 4.78 is 28.3. The molecule has 18 heavy (non-hydrogen) atoms. The molecule has 0 fully saturated rings. The fraction of sp³-hybridized carbons (Fsp3) is 0.100. The summed E-state index contributed by atoms with van der Waals surface area (Å²) in [5.41, 5.74) is 0.0218. The van der Waals surface area contributed by atoms with Gasteiger partial charge in [0.2, 0.25) is 6.39 Å². The molecule has 1 heterocycles. The first-order valence-electron chi connectivity index (χ1n) is 4.80. The van der Waals surface area contributed by atoms with Gasteiger partial charge in [0.1, 0.15) is 5.75 Å². The predicted octanol–water partition coefficient (Wildman–Crippen LogP) is 0.742. The third-order valence-electron chi connectivity index (χ3n) is 2.19. The van der Waals surface area contributed by atoms with Gasteiger partial charge >= 0.3 is 5.97 Å². The van der Waals surface area contributed by atoms with Crippen LogP contribution >= 0.6 is 0 Å². The third-order valence-corrected chi connectivity index (χ3v) is 3.82. The molecule has 0 spiro atoms. The molecule has 0 saturated carbocycles. The summed E-state index contributed by atoms with van der Waals surface area (Å²) >= 11 is 0. The lowest BCUT2D eigenvalue weighted by Gasteiger charge is -2.02. The van der Waals surface area contributed by atoms with E-state index in [1.807, 2.05) is 0 Å². The van der Waals surface area contributed by atoms with E-state index in [1.165, 1.54) is 24.3 Å². The van der Waals surface area contributed by atoms with Crippen molar-refractivity contribution in [3.8, 4) is 0 Å². The van der Waals surface area contributed by atoms with Gasteiger partial charge < -0.3 is 9.63 Å². The Kier molecular flexibility index (Phi) is 3.11. The number of sulfone groups is 1. The Bertz CT molecular complexity index is 646. The van der Waals surface area contributed by atoms with Crippen LogP contribution in [0.25, 0.3) is 0 Å². The lowest BCUT2D eigenvalue weighted by molar-refractivity contribution is 0.0696. The second-order valence-electron chi connectivity index (χ2n) is 3.44. The standard InChI is InChI=1S/C10H8N2O5S/c13-10(14)7-1-3-8(4-2-7)18(15,16)5-9-11-6-17-12-9/h1-4,6H,5H2,(H,13,14). The van der Waals surface area contributed by atoms with Crippen LogP contribution < -0.4 is 0 Å². The van der Waals surface area contributed by atoms with Crippen LogP contribution in [0, 0.1) is 0 Å². The molecule has 0 bridgehead atoms. The number of hydrogen-bond donors (Lipinski definition) is 1. The van der Waals surface area contributed by atoms with Crippen molar-refractivity contribution in [1.82, 2.24) is 10.1 Å². The van der Waals surface area contributed by atoms with E-state index in [-0.39, 0.29) is 16.3 Å². The first-order chi connectivity index (χ1) is 8.49. The van der Waals surface area contributed by atoms with Gasteiger partial charge in [0.15, 0.2) is 15.7 Å². The highest BCUT2D eigenvalue weighted by Gasteiger charge is 2.18. The molecular weight excluding hydrogens is 260 g/mol. The van der Waals surface area contributed by atoms with Crippen LogP contribution in [-0.4, -0.2) is 29.6 Å². The van der Waals surface area contributed by atoms with Crippen LogP contribution in [0.5, 0.6) is 0 Å². The third kappa shape index (κ3) is 2.54. The van der Waals surface area contributed by atoms with Crippen LogP contribution in [0.4, 0.5) is 0 Å². The quantitative estimate of drug-likeness (QED) is 0.870. The summed E-state index contributed by atoms with van der Waals surface area (Å²) in [6.07, 6.45) is 1.04. The van der Waals surface area contributed by atoms with E-state index in [1.54, 1.807) is 0 Å². The zero-order valence-electron chi connectivity index (χ0n) is 8.98. The molecular formula is C10H8N2O5S. The number of carbonyl (C=O) groups is 1. The highest BCUT2D eigenvalue weighted by atomic mass is 32.2. The van der Waals surface area contributed by atoms with Crippen molar-refractivity contribution in [3.05, 3.63) is 42.0 Å². The molecule has 0 aliphatic rings. The van der Waals surface area contributed by atoms with Crippen molar-refractivity contribution in [1.29, 1.82) is 0 Å². The normalized spacial score (nSPS) is 11.3. The van der Waals surface area contributed by atoms with E-state index >= 15 is 0 Å². The number of rotatable bonds is 4. The van der Waals surface area contributed by atoms with Gasteiger partial charge in [0, 0.05) is 0 Å². The van der Waals surface area contributed by atoms with Gasteiger partial charge in [0.05, 0.1) is 10.5 Å². The molecule has 1 aromatic heterocycles. The van der Waals surface area contributed by atoms with Gasteiger partial charge in [-0.25, -0.2) is 13.2 Å². The second kappa shape index (κ2) is 4.57. The van der Waals surface area contributed by atoms with E-state index < -0.39 is 21.6 Å². The summed E-state index contributed by atoms with van der Waals surface area (Å²) in [7, 11) is -3.60. The molecule has 94 valence electrons. The second-order valence-corrected chi connectivity index (χ2v) is 5.43. The Labute approximate surface area is 102 Å². The highest BCUT2D eigenvalue weighted by molar-refractivity contribution is 7.90. The van der Waals surface area contributed by atoms with Crippen LogP contribution in [-0.2, 0) is 15.6 Å². The topological polar surface area (TPSA) is 110 Å². The molecule has 0 amide bonds. The lowest BCUT2D eigenvalue weighted by atomic mass is 10.2. The summed E-state index contributed by atoms with van der Waals surface area (Å²) in [5, 5.41) is 12.1. The Morgan fingerprint density at radius 2 is 1.94 bits per heavy atom. The monoisotopic (exact) mass is 268 g/mol. The fourth-order valence-corrected chi connectivity index (χ4v) is 2.50. The van der Waals surface area contributed by atoms with Gasteiger partial charge in [-0.3, -0.25) is 0 Å². The van der Waals surface area contributed by atoms with Gasteiger partial charge in [-0.1, -0.05) is 5.16 Å². The largest absolute Gasteiger partial charge is 0.478 e. The minimum atomic E-state index is -3.60. The van der Waals surface area contributed by atoms with E-state index in [4.69, 9.17) is 5.11 Å². The summed E-state index contributed by atoms with van der Waals surface area (Å²) in [4.78, 5) is 14.3. The predicted molar refractivity (Wildman–Crippen MR) is 58.6 cm³/mol. The number of aromatic nitrogens is 2. The fourth-order valence-electron chi connectivity index (χ4n) is 1.31. The number of carboxylic acids is 1. The molecule has 0 aliphatic heterocycles. The number of carboxylic acid groups (broad SMARTS) is 1. The molecule has 1 N–H and O–H groups in total. The van der Waals surface area contributed by atoms with Crippen LogP contribution in [0.1, 0.15) is 16.2 Å². The maximum Gasteiger partial charge on any atom is 0.335 e. The maximum atomic E-state index is 11.9. The van der Waals surface area contributed by atoms with Crippen molar-refractivity contribution >= 4 is 15.8 Å². The maximum absolute atomic E-state index is 11.9. The summed E-state index contributed by atoms with van der Waals surface area (Å²) in [6, 6.07) is 4.93. The molecule has 7 nitrogen and oxygen atoms in total. The first-order valence-corrected chi connectivity index (χ1v) is 6.45. The molecule has 0 unspecified atom stereocenters. The number of nitrogens with zero attached hydrogens (tertiary/aromatic N) is 2. The molecule has 8 heteroatoms. The van der Waals surface area contributed by atoms with Crippen LogP contribution in [0.2, 0.25) is 0 Å². The van der Waals surface area contributed by atoms with Crippen molar-refractivity contribution in [2.75, 3.05) is 0 Å². The number of aromatic carboxylic acids is 1. The molecule has 0 radical (unpaired) electrons. The van der Waals surface area contributed by atoms with E-state index in [9.17, 15) is 13.2 Å². The van der Waals surface area contributed by atoms with Crippen molar-refractivity contribution in [3.63, 3.8) is 0 Å². The average molecular weight is 268 g/mol. The molecule has 0 aliphatic carbocycles. The van der Waals surface area contributed by atoms with Crippen LogP contribution in [0.15, 0.2) is 40.1 Å². The molecule has 1 aromatic carbocycles. The number of hydrogen-bond acceptors (Lipinski definition) is 6.